The van der Waals surface area contributed by atoms with Crippen LogP contribution in [0.2, 0.25) is 0 Å². The Morgan fingerprint density at radius 2 is 1.70 bits per heavy atom. The molecule has 0 saturated carbocycles. The van der Waals surface area contributed by atoms with Crippen molar-refractivity contribution in [1.29, 1.82) is 0 Å². The summed E-state index contributed by atoms with van der Waals surface area (Å²) in [6.45, 7) is 1.17. The Hall–Kier alpha value is -1.23. The van der Waals surface area contributed by atoms with Gasteiger partial charge in [0.05, 0.1) is 6.42 Å². The molecule has 3 N–H and O–H groups in total. The van der Waals surface area contributed by atoms with E-state index in [4.69, 9.17) is 5.11 Å². The van der Waals surface area contributed by atoms with Crippen LogP contribution in [-0.2, 0) is 14.4 Å². The largest absolute Gasteiger partial charge is 0.475 e. The van der Waals surface area contributed by atoms with Gasteiger partial charge in [0.15, 0.2) is 0 Å². The van der Waals surface area contributed by atoms with Gasteiger partial charge in [0.2, 0.25) is 5.78 Å². The molecule has 0 radical (unpaired) electrons. The first kappa shape index (κ1) is 11.6. The van der Waals surface area contributed by atoms with Crippen molar-refractivity contribution < 1.29 is 25.0 Å². The maximum Gasteiger partial charge on any atom is 0.372 e. The van der Waals surface area contributed by atoms with Gasteiger partial charge in [0.25, 0.3) is 0 Å². The molecule has 0 aromatic rings. The molecule has 0 aliphatic rings. The molecule has 5 nitrogen and oxygen atoms in total. The van der Waals surface area contributed by atoms with Crippen LogP contribution in [0.25, 0.3) is 0 Å². The average Bonchev–Trinajstić information content (AvgIpc) is 1.63. The lowest BCUT2D eigenvalue weighted by Crippen LogP contribution is -2.15. The van der Waals surface area contributed by atoms with Gasteiger partial charge in [-0.05, 0) is 6.92 Å². The maximum atomic E-state index is 10.1. The molecule has 0 aliphatic heterocycles. The third-order valence-electron chi connectivity index (χ3n) is 0.648. The monoisotopic (exact) mass is 148 g/mol. The molecule has 0 saturated heterocycles. The van der Waals surface area contributed by atoms with E-state index in [1.807, 2.05) is 0 Å². The second-order valence-electron chi connectivity index (χ2n) is 1.61. The number of rotatable bonds is 3. The van der Waals surface area contributed by atoms with E-state index in [-0.39, 0.29) is 5.48 Å². The molecule has 0 unspecified atom stereocenters. The first-order valence-corrected chi connectivity index (χ1v) is 2.29. The molecule has 0 rings (SSSR count). The lowest BCUT2D eigenvalue weighted by Gasteiger charge is -1.86. The Labute approximate surface area is 57.0 Å². The van der Waals surface area contributed by atoms with Crippen LogP contribution in [0.15, 0.2) is 0 Å². The summed E-state index contributed by atoms with van der Waals surface area (Å²) < 4.78 is 0. The number of carbonyl (C=O) groups excluding carboxylic acids is 2. The molecule has 58 valence electrons. The predicted molar refractivity (Wildman–Crippen MR) is 31.6 cm³/mol. The lowest BCUT2D eigenvalue weighted by atomic mass is 10.2. The Morgan fingerprint density at radius 1 is 1.30 bits per heavy atom. The summed E-state index contributed by atoms with van der Waals surface area (Å²) in [7, 11) is 0. The molecule has 0 aliphatic carbocycles. The zero-order chi connectivity index (χ0) is 7.44. The Balaban J connectivity index is 0. The third-order valence-corrected chi connectivity index (χ3v) is 0.648. The van der Waals surface area contributed by atoms with Gasteiger partial charge in [-0.15, -0.1) is 0 Å². The highest BCUT2D eigenvalue weighted by Crippen LogP contribution is 1.83. The van der Waals surface area contributed by atoms with E-state index in [0.717, 1.165) is 0 Å². The van der Waals surface area contributed by atoms with Crippen LogP contribution in [-0.4, -0.2) is 28.1 Å². The fourth-order valence-corrected chi connectivity index (χ4v) is 0.302. The van der Waals surface area contributed by atoms with E-state index in [2.05, 4.69) is 0 Å². The highest BCUT2D eigenvalue weighted by molar-refractivity contribution is 6.36. The summed E-state index contributed by atoms with van der Waals surface area (Å²) in [5, 5.41) is 7.93. The average molecular weight is 148 g/mol. The summed E-state index contributed by atoms with van der Waals surface area (Å²) in [5.41, 5.74) is 0. The number of ketones is 2. The van der Waals surface area contributed by atoms with Gasteiger partial charge in [0.1, 0.15) is 5.78 Å². The van der Waals surface area contributed by atoms with Crippen molar-refractivity contribution in [2.45, 2.75) is 13.3 Å². The molecule has 0 heterocycles. The molecule has 5 heteroatoms. The molecule has 0 fully saturated rings. The second-order valence-corrected chi connectivity index (χ2v) is 1.61. The number of carbonyl (C=O) groups is 3. The van der Waals surface area contributed by atoms with E-state index >= 15 is 0 Å². The van der Waals surface area contributed by atoms with Crippen LogP contribution < -0.4 is 0 Å². The zero-order valence-corrected chi connectivity index (χ0v) is 5.38. The minimum absolute atomic E-state index is 0. The van der Waals surface area contributed by atoms with Gasteiger partial charge in [-0.25, -0.2) is 4.79 Å². The van der Waals surface area contributed by atoms with Crippen molar-refractivity contribution in [3.63, 3.8) is 0 Å². The minimum Gasteiger partial charge on any atom is -0.475 e. The Morgan fingerprint density at radius 3 is 1.80 bits per heavy atom. The first-order valence-electron chi connectivity index (χ1n) is 2.29. The summed E-state index contributed by atoms with van der Waals surface area (Å²) in [6, 6.07) is 0. The summed E-state index contributed by atoms with van der Waals surface area (Å²) in [5.74, 6) is -3.03. The third kappa shape index (κ3) is 4.92. The van der Waals surface area contributed by atoms with Gasteiger partial charge in [-0.3, -0.25) is 9.59 Å². The highest BCUT2D eigenvalue weighted by atomic mass is 16.4. The Kier molecular flexibility index (Phi) is 5.35. The predicted octanol–water partition coefficient (Wildman–Crippen LogP) is -1.21. The normalized spacial score (nSPS) is 7.70. The summed E-state index contributed by atoms with van der Waals surface area (Å²) >= 11 is 0. The van der Waals surface area contributed by atoms with E-state index in [9.17, 15) is 14.4 Å². The quantitative estimate of drug-likeness (QED) is 0.400. The fraction of sp³-hybridized carbons (Fsp3) is 0.400. The zero-order valence-electron chi connectivity index (χ0n) is 5.38. The number of carboxylic acid groups (broad SMARTS) is 1. The van der Waals surface area contributed by atoms with Crippen molar-refractivity contribution in [2.24, 2.45) is 0 Å². The smallest absolute Gasteiger partial charge is 0.372 e. The highest BCUT2D eigenvalue weighted by Gasteiger charge is 2.12. The number of aliphatic carboxylic acids is 1. The van der Waals surface area contributed by atoms with Crippen LogP contribution in [0, 0.1) is 0 Å². The molecule has 0 spiro atoms. The van der Waals surface area contributed by atoms with Crippen molar-refractivity contribution >= 4 is 17.5 Å². The molecule has 0 amide bonds. The standard InChI is InChI=1S/C5H6O4.H2O/c1-3(6)2-4(7)5(8)9;/h2H2,1H3,(H,8,9);1H2. The lowest BCUT2D eigenvalue weighted by molar-refractivity contribution is -0.150. The second kappa shape index (κ2) is 4.63. The van der Waals surface area contributed by atoms with E-state index in [1.165, 1.54) is 6.92 Å². The van der Waals surface area contributed by atoms with E-state index < -0.39 is 24.0 Å². The van der Waals surface area contributed by atoms with Crippen LogP contribution in [0.4, 0.5) is 0 Å². The molecule has 0 aromatic carbocycles. The Bertz CT molecular complexity index is 159. The number of Topliss-reactive ketones (excluding diaryl/α,β-unsaturated/α-hetero) is 2. The van der Waals surface area contributed by atoms with Gasteiger partial charge in [0, 0.05) is 0 Å². The van der Waals surface area contributed by atoms with Crippen LogP contribution in [0.3, 0.4) is 0 Å². The molecule has 0 bridgehead atoms. The van der Waals surface area contributed by atoms with Crippen molar-refractivity contribution in [2.75, 3.05) is 0 Å². The molecule has 0 aromatic heterocycles. The topological polar surface area (TPSA) is 103 Å². The fourth-order valence-electron chi connectivity index (χ4n) is 0.302. The molecular weight excluding hydrogens is 140 g/mol. The van der Waals surface area contributed by atoms with Gasteiger partial charge >= 0.3 is 5.97 Å². The molecule has 10 heavy (non-hydrogen) atoms. The van der Waals surface area contributed by atoms with Crippen LogP contribution in [0.5, 0.6) is 0 Å². The number of hydrogen-bond acceptors (Lipinski definition) is 3. The van der Waals surface area contributed by atoms with Gasteiger partial charge in [-0.1, -0.05) is 0 Å². The maximum absolute atomic E-state index is 10.1. The van der Waals surface area contributed by atoms with Crippen molar-refractivity contribution in [3.05, 3.63) is 0 Å². The van der Waals surface area contributed by atoms with E-state index in [0.29, 0.717) is 0 Å². The van der Waals surface area contributed by atoms with Crippen LogP contribution in [0.1, 0.15) is 13.3 Å². The van der Waals surface area contributed by atoms with E-state index in [1.54, 1.807) is 0 Å². The summed E-state index contributed by atoms with van der Waals surface area (Å²) in [4.78, 5) is 29.9. The van der Waals surface area contributed by atoms with Gasteiger partial charge in [-0.2, -0.15) is 0 Å². The minimum atomic E-state index is -1.55. The van der Waals surface area contributed by atoms with Crippen molar-refractivity contribution in [3.8, 4) is 0 Å². The molecule has 0 atom stereocenters. The van der Waals surface area contributed by atoms with Gasteiger partial charge < -0.3 is 10.6 Å². The number of hydrogen-bond donors (Lipinski definition) is 1. The van der Waals surface area contributed by atoms with Crippen LogP contribution >= 0.6 is 0 Å². The molecular formula is C5H8O5. The summed E-state index contributed by atoms with van der Waals surface area (Å²) in [6.07, 6.45) is -0.505. The SMILES string of the molecule is CC(=O)CC(=O)C(=O)O.O. The van der Waals surface area contributed by atoms with Crippen molar-refractivity contribution in [1.82, 2.24) is 0 Å². The first-order chi connectivity index (χ1) is 4.04. The number of carboxylic acids is 1.